The normalized spacial score (nSPS) is 29.6. The van der Waals surface area contributed by atoms with Crippen molar-refractivity contribution in [2.24, 2.45) is 17.3 Å². The van der Waals surface area contributed by atoms with E-state index < -0.39 is 0 Å². The summed E-state index contributed by atoms with van der Waals surface area (Å²) in [6, 6.07) is 3.87. The molecule has 0 saturated heterocycles. The van der Waals surface area contributed by atoms with E-state index in [4.69, 9.17) is 0 Å². The highest BCUT2D eigenvalue weighted by atomic mass is 16.3. The van der Waals surface area contributed by atoms with Gasteiger partial charge >= 0.3 is 0 Å². The zero-order chi connectivity index (χ0) is 20.8. The zero-order valence-corrected chi connectivity index (χ0v) is 18.5. The first-order valence-electron chi connectivity index (χ1n) is 11.9. The van der Waals surface area contributed by atoms with E-state index >= 15 is 0 Å². The van der Waals surface area contributed by atoms with E-state index in [0.29, 0.717) is 23.7 Å². The largest absolute Gasteiger partial charge is 0.508 e. The first kappa shape index (κ1) is 20.8. The second-order valence-corrected chi connectivity index (χ2v) is 10.7. The average molecular weight is 399 g/mol. The smallest absolute Gasteiger partial charge is 0.137 e. The van der Waals surface area contributed by atoms with Gasteiger partial charge in [-0.1, -0.05) is 59.3 Å². The summed E-state index contributed by atoms with van der Waals surface area (Å²) in [5.41, 5.74) is 1.81. The molecule has 0 unspecified atom stereocenters. The lowest BCUT2D eigenvalue weighted by molar-refractivity contribution is -0.151. The van der Waals surface area contributed by atoms with Crippen LogP contribution in [-0.4, -0.2) is 16.0 Å². The number of hydrogen-bond donors (Lipinski definition) is 2. The lowest BCUT2D eigenvalue weighted by Gasteiger charge is -2.59. The maximum absolute atomic E-state index is 12.6. The number of ketones is 1. The molecule has 29 heavy (non-hydrogen) atoms. The molecule has 3 nitrogen and oxygen atoms in total. The lowest BCUT2D eigenvalue weighted by Crippen LogP contribution is -2.56. The standard InChI is InChI=1S/C26H38O3/c1-4-5-6-7-10-26(11-8-9-12-26)17-13-22(28)24(23(29)14-17)18-15-21(27)20-16-19(18)25(20,2)3/h13-14,18-20,28-29H,4-12,15-16H2,1-3H3/t18-,19-,20+/m1/s1. The third kappa shape index (κ3) is 3.39. The minimum Gasteiger partial charge on any atom is -0.508 e. The van der Waals surface area contributed by atoms with Crippen molar-refractivity contribution in [2.75, 3.05) is 0 Å². The Bertz CT molecular complexity index is 749. The van der Waals surface area contributed by atoms with E-state index in [9.17, 15) is 15.0 Å². The molecule has 4 fully saturated rings. The summed E-state index contributed by atoms with van der Waals surface area (Å²) >= 11 is 0. The number of phenolic OH excluding ortho intramolecular Hbond substituents is 2. The van der Waals surface area contributed by atoms with E-state index in [2.05, 4.69) is 20.8 Å². The van der Waals surface area contributed by atoms with Crippen molar-refractivity contribution in [3.63, 3.8) is 0 Å². The Morgan fingerprint density at radius 1 is 1.03 bits per heavy atom. The molecule has 0 aliphatic heterocycles. The molecule has 160 valence electrons. The molecule has 4 aliphatic carbocycles. The predicted molar refractivity (Wildman–Crippen MR) is 116 cm³/mol. The van der Waals surface area contributed by atoms with Crippen molar-refractivity contribution in [3.8, 4) is 11.5 Å². The fourth-order valence-corrected chi connectivity index (χ4v) is 6.93. The lowest BCUT2D eigenvalue weighted by atomic mass is 9.44. The Morgan fingerprint density at radius 2 is 1.69 bits per heavy atom. The molecule has 0 spiro atoms. The van der Waals surface area contributed by atoms with E-state index in [1.807, 2.05) is 12.1 Å². The Labute approximate surface area is 175 Å². The van der Waals surface area contributed by atoms with Gasteiger partial charge in [0.1, 0.15) is 17.3 Å². The van der Waals surface area contributed by atoms with Crippen LogP contribution in [-0.2, 0) is 10.2 Å². The van der Waals surface area contributed by atoms with Gasteiger partial charge in [0, 0.05) is 23.8 Å². The number of aromatic hydroxyl groups is 2. The molecular weight excluding hydrogens is 360 g/mol. The third-order valence-electron chi connectivity index (χ3n) is 8.83. The zero-order valence-electron chi connectivity index (χ0n) is 18.5. The highest BCUT2D eigenvalue weighted by molar-refractivity contribution is 5.86. The number of rotatable bonds is 7. The molecule has 0 amide bonds. The Kier molecular flexibility index (Phi) is 5.46. The highest BCUT2D eigenvalue weighted by Gasteiger charge is 2.59. The minimum absolute atomic E-state index is 0.0243. The summed E-state index contributed by atoms with van der Waals surface area (Å²) in [6.07, 6.45) is 12.2. The van der Waals surface area contributed by atoms with Gasteiger partial charge in [-0.2, -0.15) is 0 Å². The van der Waals surface area contributed by atoms with Crippen molar-refractivity contribution in [1.82, 2.24) is 0 Å². The van der Waals surface area contributed by atoms with Gasteiger partial charge < -0.3 is 10.2 Å². The van der Waals surface area contributed by atoms with E-state index in [1.54, 1.807) is 0 Å². The van der Waals surface area contributed by atoms with Gasteiger partial charge in [-0.05, 0) is 60.1 Å². The molecule has 4 aliphatic rings. The van der Waals surface area contributed by atoms with Crippen molar-refractivity contribution < 1.29 is 15.0 Å². The number of benzene rings is 1. The van der Waals surface area contributed by atoms with Crippen LogP contribution in [0.25, 0.3) is 0 Å². The van der Waals surface area contributed by atoms with Crippen LogP contribution < -0.4 is 0 Å². The molecule has 3 atom stereocenters. The molecule has 5 rings (SSSR count). The van der Waals surface area contributed by atoms with Gasteiger partial charge in [-0.3, -0.25) is 4.79 Å². The average Bonchev–Trinajstić information content (AvgIpc) is 3.14. The number of hydrogen-bond acceptors (Lipinski definition) is 3. The molecular formula is C26H38O3. The van der Waals surface area contributed by atoms with Crippen LogP contribution in [0.4, 0.5) is 0 Å². The maximum atomic E-state index is 12.6. The quantitative estimate of drug-likeness (QED) is 0.509. The summed E-state index contributed by atoms with van der Waals surface area (Å²) in [7, 11) is 0. The van der Waals surface area contributed by atoms with Crippen LogP contribution in [0.5, 0.6) is 11.5 Å². The number of Topliss-reactive ketones (excluding diaryl/α,β-unsaturated/α-hetero) is 1. The molecule has 0 aromatic heterocycles. The summed E-state index contributed by atoms with van der Waals surface area (Å²) in [4.78, 5) is 12.6. The van der Waals surface area contributed by atoms with Crippen LogP contribution in [0, 0.1) is 17.3 Å². The number of fused-ring (bicyclic) bond motifs is 2. The van der Waals surface area contributed by atoms with Gasteiger partial charge in [-0.25, -0.2) is 0 Å². The first-order chi connectivity index (χ1) is 13.8. The second kappa shape index (κ2) is 7.63. The molecule has 2 N–H and O–H groups in total. The van der Waals surface area contributed by atoms with Crippen molar-refractivity contribution in [3.05, 3.63) is 23.3 Å². The molecule has 2 bridgehead atoms. The van der Waals surface area contributed by atoms with E-state index in [-0.39, 0.29) is 34.2 Å². The maximum Gasteiger partial charge on any atom is 0.137 e. The first-order valence-corrected chi connectivity index (χ1v) is 11.9. The Hall–Kier alpha value is -1.51. The topological polar surface area (TPSA) is 57.5 Å². The summed E-state index contributed by atoms with van der Waals surface area (Å²) in [5, 5.41) is 22.1. The molecule has 1 aromatic rings. The summed E-state index contributed by atoms with van der Waals surface area (Å²) in [5.74, 6) is 1.19. The van der Waals surface area contributed by atoms with Gasteiger partial charge in [0.25, 0.3) is 0 Å². The molecule has 1 aromatic carbocycles. The number of phenols is 2. The number of unbranched alkanes of at least 4 members (excludes halogenated alkanes) is 3. The minimum atomic E-state index is -0.0550. The fourth-order valence-electron chi connectivity index (χ4n) is 6.93. The van der Waals surface area contributed by atoms with Gasteiger partial charge in [0.2, 0.25) is 0 Å². The highest BCUT2D eigenvalue weighted by Crippen LogP contribution is 2.64. The fraction of sp³-hybridized carbons (Fsp3) is 0.731. The Balaban J connectivity index is 1.62. The molecule has 0 radical (unpaired) electrons. The van der Waals surface area contributed by atoms with E-state index in [1.165, 1.54) is 38.5 Å². The SMILES string of the molecule is CCCCCCC1(c2cc(O)c([C@@H]3CC(=O)[C@@H]4C[C@H]3C4(C)C)c(O)c2)CCCC1. The molecule has 0 heterocycles. The van der Waals surface area contributed by atoms with Crippen molar-refractivity contribution in [2.45, 2.75) is 103 Å². The third-order valence-corrected chi connectivity index (χ3v) is 8.83. The van der Waals surface area contributed by atoms with Crippen molar-refractivity contribution >= 4 is 5.78 Å². The monoisotopic (exact) mass is 398 g/mol. The van der Waals surface area contributed by atoms with Crippen LogP contribution in [0.2, 0.25) is 0 Å². The van der Waals surface area contributed by atoms with Crippen LogP contribution in [0.15, 0.2) is 12.1 Å². The van der Waals surface area contributed by atoms with Crippen LogP contribution in [0.3, 0.4) is 0 Å². The van der Waals surface area contributed by atoms with Gasteiger partial charge in [0.15, 0.2) is 0 Å². The second-order valence-electron chi connectivity index (χ2n) is 10.7. The number of carbonyl (C=O) groups is 1. The summed E-state index contributed by atoms with van der Waals surface area (Å²) < 4.78 is 0. The van der Waals surface area contributed by atoms with Gasteiger partial charge in [0.05, 0.1) is 0 Å². The summed E-state index contributed by atoms with van der Waals surface area (Å²) in [6.45, 7) is 6.58. The van der Waals surface area contributed by atoms with E-state index in [0.717, 1.165) is 31.2 Å². The molecule has 4 saturated carbocycles. The van der Waals surface area contributed by atoms with Crippen LogP contribution in [0.1, 0.15) is 108 Å². The molecule has 3 heteroatoms. The number of carbonyl (C=O) groups excluding carboxylic acids is 1. The van der Waals surface area contributed by atoms with Gasteiger partial charge in [-0.15, -0.1) is 0 Å². The van der Waals surface area contributed by atoms with Crippen molar-refractivity contribution in [1.29, 1.82) is 0 Å². The predicted octanol–water partition coefficient (Wildman–Crippen LogP) is 6.60. The Morgan fingerprint density at radius 3 is 2.24 bits per heavy atom. The van der Waals surface area contributed by atoms with Crippen LogP contribution >= 0.6 is 0 Å².